The maximum absolute atomic E-state index is 13.6. The van der Waals surface area contributed by atoms with Gasteiger partial charge in [-0.05, 0) is 24.6 Å². The number of piperidine rings is 1. The fraction of sp³-hybridized carbons (Fsp3) is 0.444. The monoisotopic (exact) mass is 394 g/mol. The summed E-state index contributed by atoms with van der Waals surface area (Å²) >= 11 is 0. The lowest BCUT2D eigenvalue weighted by molar-refractivity contribution is -0.136. The van der Waals surface area contributed by atoms with Gasteiger partial charge in [0.1, 0.15) is 6.04 Å². The van der Waals surface area contributed by atoms with Crippen molar-refractivity contribution in [3.8, 4) is 0 Å². The van der Waals surface area contributed by atoms with Crippen molar-refractivity contribution < 1.29 is 28.0 Å². The van der Waals surface area contributed by atoms with Crippen LogP contribution < -0.4 is 16.4 Å². The number of nitrogens with one attached hydrogen (secondary N) is 2. The van der Waals surface area contributed by atoms with Crippen LogP contribution in [0.3, 0.4) is 0 Å². The highest BCUT2D eigenvalue weighted by molar-refractivity contribution is 6.24. The molecule has 0 aromatic heterocycles. The first-order valence-corrected chi connectivity index (χ1v) is 8.87. The Hall–Kier alpha value is -2.72. The number of imide groups is 2. The topological polar surface area (TPSA) is 122 Å². The summed E-state index contributed by atoms with van der Waals surface area (Å²) < 4.78 is 27.2. The summed E-state index contributed by atoms with van der Waals surface area (Å²) in [6.45, 7) is -0.818. The number of halogens is 2. The maximum atomic E-state index is 13.6. The Bertz CT molecular complexity index is 843. The largest absolute Gasteiger partial charge is 0.330 e. The Balaban J connectivity index is 1.78. The molecule has 0 spiro atoms. The van der Waals surface area contributed by atoms with Gasteiger partial charge in [0.05, 0.1) is 17.7 Å². The van der Waals surface area contributed by atoms with Crippen molar-refractivity contribution in [3.05, 3.63) is 34.9 Å². The Morgan fingerprint density at radius 1 is 1.21 bits per heavy atom. The number of nitrogens with two attached hydrogens (primary N) is 1. The van der Waals surface area contributed by atoms with Crippen molar-refractivity contribution in [3.63, 3.8) is 0 Å². The molecule has 2 aliphatic heterocycles. The van der Waals surface area contributed by atoms with E-state index in [1.165, 1.54) is 6.07 Å². The molecule has 1 saturated heterocycles. The van der Waals surface area contributed by atoms with Gasteiger partial charge in [0.2, 0.25) is 11.8 Å². The van der Waals surface area contributed by atoms with Crippen LogP contribution in [0, 0.1) is 0 Å². The van der Waals surface area contributed by atoms with Gasteiger partial charge in [0.15, 0.2) is 0 Å². The minimum absolute atomic E-state index is 0.0223. The smallest absolute Gasteiger partial charge is 0.262 e. The number of carbonyl (C=O) groups is 4. The third kappa shape index (κ3) is 3.78. The van der Waals surface area contributed by atoms with E-state index in [-0.39, 0.29) is 37.1 Å². The minimum atomic E-state index is -2.98. The Morgan fingerprint density at radius 2 is 1.96 bits per heavy atom. The first-order valence-electron chi connectivity index (χ1n) is 8.87. The van der Waals surface area contributed by atoms with Gasteiger partial charge >= 0.3 is 0 Å². The molecule has 0 saturated carbocycles. The number of rotatable bonds is 7. The molecule has 2 heterocycles. The number of nitrogens with zero attached hydrogens (tertiary/aromatic N) is 1. The second kappa shape index (κ2) is 7.72. The molecule has 1 atom stereocenters. The van der Waals surface area contributed by atoms with E-state index in [0.29, 0.717) is 5.56 Å². The van der Waals surface area contributed by atoms with Gasteiger partial charge in [-0.15, -0.1) is 0 Å². The van der Waals surface area contributed by atoms with Crippen molar-refractivity contribution in [1.29, 1.82) is 0 Å². The lowest BCUT2D eigenvalue weighted by atomic mass is 10.0. The summed E-state index contributed by atoms with van der Waals surface area (Å²) in [5, 5.41) is 4.71. The van der Waals surface area contributed by atoms with Crippen molar-refractivity contribution in [2.75, 3.05) is 13.1 Å². The van der Waals surface area contributed by atoms with E-state index in [4.69, 9.17) is 5.73 Å². The second-order valence-corrected chi connectivity index (χ2v) is 6.79. The molecule has 4 N–H and O–H groups in total. The summed E-state index contributed by atoms with van der Waals surface area (Å²) in [5.41, 5.74) is 5.75. The fourth-order valence-electron chi connectivity index (χ4n) is 3.41. The number of alkyl halides is 2. The number of hydrogen-bond donors (Lipinski definition) is 3. The zero-order valence-corrected chi connectivity index (χ0v) is 15.0. The predicted molar refractivity (Wildman–Crippen MR) is 93.4 cm³/mol. The molecular formula is C18H20F2N4O4. The zero-order valence-electron chi connectivity index (χ0n) is 15.0. The third-order valence-electron chi connectivity index (χ3n) is 4.76. The van der Waals surface area contributed by atoms with Crippen molar-refractivity contribution in [2.45, 2.75) is 37.8 Å². The van der Waals surface area contributed by atoms with Gasteiger partial charge in [-0.2, -0.15) is 0 Å². The highest BCUT2D eigenvalue weighted by atomic mass is 19.3. The van der Waals surface area contributed by atoms with Crippen LogP contribution in [0.2, 0.25) is 0 Å². The summed E-state index contributed by atoms with van der Waals surface area (Å²) in [6, 6.07) is 3.49. The van der Waals surface area contributed by atoms with Crippen LogP contribution in [0.1, 0.15) is 45.5 Å². The molecule has 1 fully saturated rings. The molecule has 1 aromatic rings. The highest BCUT2D eigenvalue weighted by Gasteiger charge is 2.45. The molecule has 0 bridgehead atoms. The van der Waals surface area contributed by atoms with Crippen LogP contribution in [0.15, 0.2) is 18.2 Å². The molecule has 0 radical (unpaired) electrons. The molecule has 2 aliphatic rings. The molecule has 0 aliphatic carbocycles. The SMILES string of the molecule is NCCC(F)(F)CNCc1cccc2c1C(=O)N(C1CCC(=O)NC1=O)C2=O. The van der Waals surface area contributed by atoms with Gasteiger partial charge in [0.25, 0.3) is 17.7 Å². The van der Waals surface area contributed by atoms with Crippen molar-refractivity contribution in [1.82, 2.24) is 15.5 Å². The number of amides is 4. The van der Waals surface area contributed by atoms with Crippen LogP contribution in [0.25, 0.3) is 0 Å². The van der Waals surface area contributed by atoms with Gasteiger partial charge in [-0.3, -0.25) is 29.4 Å². The third-order valence-corrected chi connectivity index (χ3v) is 4.76. The van der Waals surface area contributed by atoms with Crippen LogP contribution in [0.5, 0.6) is 0 Å². The molecule has 8 nitrogen and oxygen atoms in total. The Kier molecular flexibility index (Phi) is 5.52. The van der Waals surface area contributed by atoms with Crippen LogP contribution in [-0.2, 0) is 16.1 Å². The molecule has 1 aromatic carbocycles. The number of fused-ring (bicyclic) bond motifs is 1. The first kappa shape index (κ1) is 20.0. The van der Waals surface area contributed by atoms with E-state index in [2.05, 4.69) is 10.6 Å². The molecule has 1 unspecified atom stereocenters. The van der Waals surface area contributed by atoms with Gasteiger partial charge in [-0.25, -0.2) is 8.78 Å². The number of hydrogen-bond acceptors (Lipinski definition) is 6. The average molecular weight is 394 g/mol. The van der Waals surface area contributed by atoms with E-state index in [1.54, 1.807) is 12.1 Å². The van der Waals surface area contributed by atoms with E-state index < -0.39 is 48.6 Å². The molecule has 28 heavy (non-hydrogen) atoms. The number of benzene rings is 1. The quantitative estimate of drug-likeness (QED) is 0.567. The molecular weight excluding hydrogens is 374 g/mol. The Morgan fingerprint density at radius 3 is 2.64 bits per heavy atom. The molecule has 3 rings (SSSR count). The first-order chi connectivity index (χ1) is 13.2. The van der Waals surface area contributed by atoms with Crippen LogP contribution in [0.4, 0.5) is 8.78 Å². The van der Waals surface area contributed by atoms with Crippen molar-refractivity contribution in [2.24, 2.45) is 5.73 Å². The summed E-state index contributed by atoms with van der Waals surface area (Å²) in [4.78, 5) is 49.8. The lowest BCUT2D eigenvalue weighted by Crippen LogP contribution is -2.54. The van der Waals surface area contributed by atoms with E-state index in [9.17, 15) is 28.0 Å². The molecule has 150 valence electrons. The van der Waals surface area contributed by atoms with E-state index >= 15 is 0 Å². The molecule has 10 heteroatoms. The Labute approximate surface area is 159 Å². The number of carbonyl (C=O) groups excluding carboxylic acids is 4. The average Bonchev–Trinajstić information content (AvgIpc) is 2.87. The van der Waals surface area contributed by atoms with Crippen molar-refractivity contribution >= 4 is 23.6 Å². The predicted octanol–water partition coefficient (Wildman–Crippen LogP) is 0.161. The standard InChI is InChI=1S/C18H20F2N4O4/c19-18(20,6-7-21)9-22-8-10-2-1-3-11-14(10)17(28)24(16(11)27)12-4-5-13(25)23-15(12)26/h1-3,12,22H,4-9,21H2,(H,23,25,26). The van der Waals surface area contributed by atoms with Gasteiger partial charge in [0, 0.05) is 19.4 Å². The lowest BCUT2D eigenvalue weighted by Gasteiger charge is -2.27. The van der Waals surface area contributed by atoms with Crippen LogP contribution >= 0.6 is 0 Å². The maximum Gasteiger partial charge on any atom is 0.262 e. The van der Waals surface area contributed by atoms with Gasteiger partial charge in [-0.1, -0.05) is 12.1 Å². The summed E-state index contributed by atoms with van der Waals surface area (Å²) in [6.07, 6.45) is -0.392. The van der Waals surface area contributed by atoms with E-state index in [0.717, 1.165) is 4.90 Å². The fourth-order valence-corrected chi connectivity index (χ4v) is 3.41. The second-order valence-electron chi connectivity index (χ2n) is 6.79. The summed E-state index contributed by atoms with van der Waals surface area (Å²) in [5.74, 6) is -5.44. The van der Waals surface area contributed by atoms with Gasteiger partial charge < -0.3 is 11.1 Å². The van der Waals surface area contributed by atoms with E-state index in [1.807, 2.05) is 0 Å². The zero-order chi connectivity index (χ0) is 20.5. The molecule has 4 amide bonds. The normalized spacial score (nSPS) is 19.8. The highest BCUT2D eigenvalue weighted by Crippen LogP contribution is 2.30. The minimum Gasteiger partial charge on any atom is -0.330 e. The van der Waals surface area contributed by atoms with Crippen LogP contribution in [-0.4, -0.2) is 53.6 Å². The summed E-state index contributed by atoms with van der Waals surface area (Å²) in [7, 11) is 0.